The van der Waals surface area contributed by atoms with Crippen molar-refractivity contribution in [2.24, 2.45) is 0 Å². The molecule has 3 aromatic rings. The molecule has 10 atom stereocenters. The van der Waals surface area contributed by atoms with Gasteiger partial charge in [0.15, 0.2) is 5.43 Å². The largest absolute Gasteiger partial charge is 0.507 e. The average Bonchev–Trinajstić information content (AvgIpc) is 2.97. The Morgan fingerprint density at radius 2 is 1.19 bits per heavy atom. The molecular weight excluding hydrogens is 564 g/mol. The minimum Gasteiger partial charge on any atom is -0.507 e. The van der Waals surface area contributed by atoms with Crippen LogP contribution in [0.5, 0.6) is 17.2 Å². The van der Waals surface area contributed by atoms with Gasteiger partial charge in [-0.25, -0.2) is 0 Å². The second kappa shape index (κ2) is 12.1. The highest BCUT2D eigenvalue weighted by molar-refractivity contribution is 5.86. The molecular formula is C27H30O15. The molecule has 0 spiro atoms. The van der Waals surface area contributed by atoms with E-state index in [9.17, 15) is 50.8 Å². The third-order valence-corrected chi connectivity index (χ3v) is 7.12. The number of aliphatic hydroxyl groups is 8. The molecule has 2 fully saturated rings. The van der Waals surface area contributed by atoms with Gasteiger partial charge in [-0.1, -0.05) is 0 Å². The molecule has 0 unspecified atom stereocenters. The molecule has 3 heterocycles. The van der Waals surface area contributed by atoms with Crippen LogP contribution in [0, 0.1) is 0 Å². The van der Waals surface area contributed by atoms with Gasteiger partial charge in [-0.05, 0) is 24.3 Å². The van der Waals surface area contributed by atoms with E-state index in [2.05, 4.69) is 0 Å². The summed E-state index contributed by atoms with van der Waals surface area (Å²) in [4.78, 5) is 12.8. The van der Waals surface area contributed by atoms with Crippen molar-refractivity contribution in [2.75, 3.05) is 13.2 Å². The maximum absolute atomic E-state index is 12.8. The Morgan fingerprint density at radius 1 is 0.667 bits per heavy atom. The third-order valence-electron chi connectivity index (χ3n) is 7.12. The van der Waals surface area contributed by atoms with Gasteiger partial charge in [0.2, 0.25) is 12.6 Å². The SMILES string of the molecule is O=c1cc(-c2ccc(O[C@H]3O[C@@H](CO)[C@H](O)[C@@H](O)[C@@H]3O)cc2)oc2cc(O[C@H]3O[C@@H](CO)[C@H](O)[C@@H](O)[C@@H]3O)cc(O)c12. The quantitative estimate of drug-likeness (QED) is 0.137. The predicted molar refractivity (Wildman–Crippen MR) is 138 cm³/mol. The number of hydrogen-bond donors (Lipinski definition) is 9. The first kappa shape index (κ1) is 30.1. The zero-order chi connectivity index (χ0) is 30.3. The van der Waals surface area contributed by atoms with Gasteiger partial charge in [-0.2, -0.15) is 0 Å². The number of aromatic hydroxyl groups is 1. The zero-order valence-corrected chi connectivity index (χ0v) is 21.7. The summed E-state index contributed by atoms with van der Waals surface area (Å²) in [6.45, 7) is -1.28. The first-order valence-corrected chi connectivity index (χ1v) is 12.9. The van der Waals surface area contributed by atoms with Gasteiger partial charge in [0.25, 0.3) is 0 Å². The van der Waals surface area contributed by atoms with Crippen LogP contribution >= 0.6 is 0 Å². The summed E-state index contributed by atoms with van der Waals surface area (Å²) in [6, 6.07) is 9.40. The number of fused-ring (bicyclic) bond motifs is 1. The average molecular weight is 595 g/mol. The summed E-state index contributed by atoms with van der Waals surface area (Å²) in [5, 5.41) is 89.3. The van der Waals surface area contributed by atoms with Crippen molar-refractivity contribution >= 4 is 11.0 Å². The maximum atomic E-state index is 12.8. The van der Waals surface area contributed by atoms with Crippen LogP contribution in [0.15, 0.2) is 51.7 Å². The van der Waals surface area contributed by atoms with E-state index in [4.69, 9.17) is 23.4 Å². The first-order valence-electron chi connectivity index (χ1n) is 12.9. The second-order valence-electron chi connectivity index (χ2n) is 9.95. The molecule has 5 rings (SSSR count). The van der Waals surface area contributed by atoms with E-state index >= 15 is 0 Å². The van der Waals surface area contributed by atoms with Gasteiger partial charge in [0.05, 0.1) is 13.2 Å². The van der Waals surface area contributed by atoms with Crippen LogP contribution in [-0.4, -0.2) is 121 Å². The third kappa shape index (κ3) is 5.67. The number of phenolic OH excluding ortho intramolecular Hbond substituents is 1. The fraction of sp³-hybridized carbons (Fsp3) is 0.444. The van der Waals surface area contributed by atoms with E-state index in [1.807, 2.05) is 0 Å². The first-order chi connectivity index (χ1) is 20.0. The van der Waals surface area contributed by atoms with Crippen LogP contribution < -0.4 is 14.9 Å². The summed E-state index contributed by atoms with van der Waals surface area (Å²) in [7, 11) is 0. The number of phenols is 1. The van der Waals surface area contributed by atoms with Gasteiger partial charge >= 0.3 is 0 Å². The second-order valence-corrected chi connectivity index (χ2v) is 9.95. The van der Waals surface area contributed by atoms with Crippen molar-refractivity contribution < 1.29 is 69.3 Å². The zero-order valence-electron chi connectivity index (χ0n) is 21.7. The Morgan fingerprint density at radius 3 is 1.71 bits per heavy atom. The highest BCUT2D eigenvalue weighted by atomic mass is 16.7. The predicted octanol–water partition coefficient (Wildman–Crippen LogP) is -2.48. The van der Waals surface area contributed by atoms with Crippen molar-refractivity contribution in [3.63, 3.8) is 0 Å². The molecule has 0 bridgehead atoms. The Kier molecular flexibility index (Phi) is 8.68. The smallest absolute Gasteiger partial charge is 0.229 e. The van der Waals surface area contributed by atoms with Crippen molar-refractivity contribution in [1.82, 2.24) is 0 Å². The molecule has 0 amide bonds. The van der Waals surface area contributed by atoms with Crippen LogP contribution in [0.1, 0.15) is 0 Å². The van der Waals surface area contributed by atoms with E-state index in [1.54, 1.807) is 0 Å². The lowest BCUT2D eigenvalue weighted by atomic mass is 9.99. The fourth-order valence-electron chi connectivity index (χ4n) is 4.75. The normalized spacial score (nSPS) is 33.4. The molecule has 0 aliphatic carbocycles. The molecule has 0 radical (unpaired) electrons. The highest BCUT2D eigenvalue weighted by Gasteiger charge is 2.45. The molecule has 2 aromatic carbocycles. The minimum absolute atomic E-state index is 0.0799. The summed E-state index contributed by atoms with van der Waals surface area (Å²) in [6.07, 6.45) is -15.0. The Bertz CT molecular complexity index is 1440. The molecule has 2 saturated heterocycles. The van der Waals surface area contributed by atoms with Gasteiger partial charge in [0.1, 0.15) is 82.8 Å². The van der Waals surface area contributed by atoms with Crippen molar-refractivity contribution in [3.05, 3.63) is 52.7 Å². The summed E-state index contributed by atoms with van der Waals surface area (Å²) in [5.41, 5.74) is -0.293. The van der Waals surface area contributed by atoms with Crippen molar-refractivity contribution in [1.29, 1.82) is 0 Å². The molecule has 15 nitrogen and oxygen atoms in total. The van der Waals surface area contributed by atoms with Gasteiger partial charge < -0.3 is 69.3 Å². The van der Waals surface area contributed by atoms with Crippen LogP contribution in [0.4, 0.5) is 0 Å². The number of benzene rings is 2. The molecule has 2 aliphatic heterocycles. The van der Waals surface area contributed by atoms with E-state index in [0.717, 1.165) is 12.1 Å². The maximum Gasteiger partial charge on any atom is 0.229 e. The van der Waals surface area contributed by atoms with E-state index in [-0.39, 0.29) is 28.2 Å². The Balaban J connectivity index is 1.37. The lowest BCUT2D eigenvalue weighted by molar-refractivity contribution is -0.277. The summed E-state index contributed by atoms with van der Waals surface area (Å²) in [5.74, 6) is -0.362. The minimum atomic E-state index is -1.71. The molecule has 15 heteroatoms. The highest BCUT2D eigenvalue weighted by Crippen LogP contribution is 2.34. The van der Waals surface area contributed by atoms with Crippen LogP contribution in [0.3, 0.4) is 0 Å². The topological polar surface area (TPSA) is 249 Å². The van der Waals surface area contributed by atoms with E-state index in [1.165, 1.54) is 30.3 Å². The molecule has 9 N–H and O–H groups in total. The lowest BCUT2D eigenvalue weighted by Gasteiger charge is -2.39. The van der Waals surface area contributed by atoms with Crippen LogP contribution in [0.25, 0.3) is 22.3 Å². The molecule has 42 heavy (non-hydrogen) atoms. The van der Waals surface area contributed by atoms with Gasteiger partial charge in [-0.3, -0.25) is 4.79 Å². The fourth-order valence-corrected chi connectivity index (χ4v) is 4.75. The van der Waals surface area contributed by atoms with Crippen LogP contribution in [-0.2, 0) is 9.47 Å². The Hall–Kier alpha value is -3.35. The van der Waals surface area contributed by atoms with Gasteiger partial charge in [-0.15, -0.1) is 0 Å². The molecule has 1 aromatic heterocycles. The van der Waals surface area contributed by atoms with E-state index in [0.29, 0.717) is 5.56 Å². The number of rotatable bonds is 7. The summed E-state index contributed by atoms with van der Waals surface area (Å²) >= 11 is 0. The Labute approximate surface area is 236 Å². The molecule has 2 aliphatic rings. The molecule has 0 saturated carbocycles. The van der Waals surface area contributed by atoms with Gasteiger partial charge in [0, 0.05) is 23.8 Å². The monoisotopic (exact) mass is 594 g/mol. The lowest BCUT2D eigenvalue weighted by Crippen LogP contribution is -2.60. The van der Waals surface area contributed by atoms with Crippen molar-refractivity contribution in [3.8, 4) is 28.6 Å². The number of aliphatic hydroxyl groups excluding tert-OH is 8. The summed E-state index contributed by atoms with van der Waals surface area (Å²) < 4.78 is 27.6. The number of hydrogen-bond acceptors (Lipinski definition) is 15. The molecule has 228 valence electrons. The number of ether oxygens (including phenoxy) is 4. The van der Waals surface area contributed by atoms with Crippen molar-refractivity contribution in [2.45, 2.75) is 61.4 Å². The van der Waals surface area contributed by atoms with Crippen LogP contribution in [0.2, 0.25) is 0 Å². The standard InChI is InChI=1S/C27H30O15/c28-8-17-20(32)22(34)24(36)26(41-17)38-11-3-1-10(2-4-11)15-7-14(31)19-13(30)5-12(6-16(19)40-15)39-27-25(37)23(35)21(33)18(9-29)42-27/h1-7,17-18,20-30,32-37H,8-9H2/t17-,18-,20-,21-,22+,23+,24-,25-,26-,27-/m0/s1. The van der Waals surface area contributed by atoms with E-state index < -0.39 is 85.8 Å².